The summed E-state index contributed by atoms with van der Waals surface area (Å²) < 4.78 is 0. The van der Waals surface area contributed by atoms with Gasteiger partial charge in [-0.2, -0.15) is 4.98 Å². The standard InChI is InChI=1S/C12H14N4OS/c1-7-3-5-18-11(7)15-10-8-6-13-4-2-9(8)14-12(17)16-10/h3,5,13H,2,4,6H2,1H3,(H2,14,15,16,17). The van der Waals surface area contributed by atoms with Crippen LogP contribution < -0.4 is 16.3 Å². The molecule has 3 N–H and O–H groups in total. The van der Waals surface area contributed by atoms with Gasteiger partial charge in [0.25, 0.3) is 0 Å². The second-order valence-electron chi connectivity index (χ2n) is 4.33. The quantitative estimate of drug-likeness (QED) is 0.767. The van der Waals surface area contributed by atoms with E-state index in [1.807, 2.05) is 18.4 Å². The van der Waals surface area contributed by atoms with E-state index in [-0.39, 0.29) is 5.69 Å². The van der Waals surface area contributed by atoms with Crippen molar-refractivity contribution in [3.63, 3.8) is 0 Å². The van der Waals surface area contributed by atoms with Gasteiger partial charge in [0, 0.05) is 30.8 Å². The van der Waals surface area contributed by atoms with Gasteiger partial charge in [0.2, 0.25) is 0 Å². The van der Waals surface area contributed by atoms with Crippen molar-refractivity contribution in [2.45, 2.75) is 19.9 Å². The number of nitrogens with one attached hydrogen (secondary N) is 3. The fourth-order valence-electron chi connectivity index (χ4n) is 2.09. The van der Waals surface area contributed by atoms with E-state index in [2.05, 4.69) is 20.6 Å². The monoisotopic (exact) mass is 262 g/mol. The van der Waals surface area contributed by atoms with Gasteiger partial charge in [-0.1, -0.05) is 0 Å². The zero-order valence-corrected chi connectivity index (χ0v) is 10.9. The normalized spacial score (nSPS) is 14.3. The number of hydrogen-bond acceptors (Lipinski definition) is 5. The van der Waals surface area contributed by atoms with E-state index in [4.69, 9.17) is 0 Å². The molecule has 0 bridgehead atoms. The number of fused-ring (bicyclic) bond motifs is 1. The predicted octanol–water partition coefficient (Wildman–Crippen LogP) is 1.53. The molecule has 94 valence electrons. The summed E-state index contributed by atoms with van der Waals surface area (Å²) in [6.45, 7) is 3.67. The van der Waals surface area contributed by atoms with Gasteiger partial charge in [-0.15, -0.1) is 11.3 Å². The average molecular weight is 262 g/mol. The van der Waals surface area contributed by atoms with Gasteiger partial charge in [0.05, 0.1) is 5.00 Å². The smallest absolute Gasteiger partial charge is 0.331 e. The fourth-order valence-corrected chi connectivity index (χ4v) is 2.90. The maximum atomic E-state index is 11.6. The molecule has 0 atom stereocenters. The maximum absolute atomic E-state index is 11.6. The third kappa shape index (κ3) is 2.04. The predicted molar refractivity (Wildman–Crippen MR) is 72.6 cm³/mol. The van der Waals surface area contributed by atoms with Crippen LogP contribution in [0.3, 0.4) is 0 Å². The Kier molecular flexibility index (Phi) is 2.89. The van der Waals surface area contributed by atoms with Crippen molar-refractivity contribution >= 4 is 22.2 Å². The SMILES string of the molecule is Cc1ccsc1Nc1nc(=O)[nH]c2c1CNCC2. The molecule has 1 aliphatic rings. The van der Waals surface area contributed by atoms with Crippen LogP contribution in [0.4, 0.5) is 10.8 Å². The van der Waals surface area contributed by atoms with Crippen molar-refractivity contribution in [1.29, 1.82) is 0 Å². The summed E-state index contributed by atoms with van der Waals surface area (Å²) in [6, 6.07) is 2.05. The molecule has 0 saturated carbocycles. The minimum Gasteiger partial charge on any atom is -0.331 e. The zero-order valence-electron chi connectivity index (χ0n) is 10.0. The van der Waals surface area contributed by atoms with Crippen LogP contribution in [0.2, 0.25) is 0 Å². The van der Waals surface area contributed by atoms with Crippen LogP contribution in [0, 0.1) is 6.92 Å². The van der Waals surface area contributed by atoms with E-state index >= 15 is 0 Å². The first kappa shape index (κ1) is 11.4. The molecule has 3 rings (SSSR count). The zero-order chi connectivity index (χ0) is 12.5. The number of aryl methyl sites for hydroxylation is 1. The van der Waals surface area contributed by atoms with Crippen molar-refractivity contribution in [3.8, 4) is 0 Å². The van der Waals surface area contributed by atoms with Crippen LogP contribution in [0.5, 0.6) is 0 Å². The molecule has 18 heavy (non-hydrogen) atoms. The minimum atomic E-state index is -0.285. The number of nitrogens with zero attached hydrogens (tertiary/aromatic N) is 1. The Morgan fingerprint density at radius 1 is 1.50 bits per heavy atom. The number of thiophene rings is 1. The summed E-state index contributed by atoms with van der Waals surface area (Å²) in [6.07, 6.45) is 0.838. The summed E-state index contributed by atoms with van der Waals surface area (Å²) in [5.41, 5.74) is 2.94. The highest BCUT2D eigenvalue weighted by Crippen LogP contribution is 2.27. The van der Waals surface area contributed by atoms with Crippen LogP contribution in [0.1, 0.15) is 16.8 Å². The first-order valence-corrected chi connectivity index (χ1v) is 6.76. The van der Waals surface area contributed by atoms with E-state index in [9.17, 15) is 4.79 Å². The Morgan fingerprint density at radius 3 is 3.17 bits per heavy atom. The molecule has 5 nitrogen and oxygen atoms in total. The Morgan fingerprint density at radius 2 is 2.39 bits per heavy atom. The van der Waals surface area contributed by atoms with Crippen LogP contribution in [-0.4, -0.2) is 16.5 Å². The second-order valence-corrected chi connectivity index (χ2v) is 5.25. The summed E-state index contributed by atoms with van der Waals surface area (Å²) in [7, 11) is 0. The number of rotatable bonds is 2. The molecule has 3 heterocycles. The number of hydrogen-bond donors (Lipinski definition) is 3. The summed E-state index contributed by atoms with van der Waals surface area (Å²) >= 11 is 1.62. The van der Waals surface area contributed by atoms with Crippen molar-refractivity contribution in [3.05, 3.63) is 38.8 Å². The topological polar surface area (TPSA) is 69.8 Å². The fraction of sp³-hybridized carbons (Fsp3) is 0.333. The first-order valence-electron chi connectivity index (χ1n) is 5.88. The lowest BCUT2D eigenvalue weighted by atomic mass is 10.1. The van der Waals surface area contributed by atoms with E-state index in [0.717, 1.165) is 35.8 Å². The van der Waals surface area contributed by atoms with Gasteiger partial charge in [0.15, 0.2) is 0 Å². The highest BCUT2D eigenvalue weighted by atomic mass is 32.1. The van der Waals surface area contributed by atoms with Crippen LogP contribution in [-0.2, 0) is 13.0 Å². The van der Waals surface area contributed by atoms with E-state index in [1.165, 1.54) is 5.56 Å². The summed E-state index contributed by atoms with van der Waals surface area (Å²) in [5.74, 6) is 0.673. The van der Waals surface area contributed by atoms with Crippen molar-refractivity contribution < 1.29 is 0 Å². The van der Waals surface area contributed by atoms with Gasteiger partial charge < -0.3 is 15.6 Å². The maximum Gasteiger partial charge on any atom is 0.347 e. The number of H-pyrrole nitrogens is 1. The van der Waals surface area contributed by atoms with Gasteiger partial charge >= 0.3 is 5.69 Å². The van der Waals surface area contributed by atoms with Crippen LogP contribution in [0.25, 0.3) is 0 Å². The molecule has 0 spiro atoms. The molecule has 0 aromatic carbocycles. The molecular formula is C12H14N4OS. The Bertz CT molecular complexity index is 631. The molecule has 0 saturated heterocycles. The molecule has 1 aliphatic heterocycles. The molecule has 0 fully saturated rings. The number of aromatic amines is 1. The van der Waals surface area contributed by atoms with E-state index in [0.29, 0.717) is 5.82 Å². The minimum absolute atomic E-state index is 0.285. The lowest BCUT2D eigenvalue weighted by Gasteiger charge is -2.19. The van der Waals surface area contributed by atoms with Crippen molar-refractivity contribution in [1.82, 2.24) is 15.3 Å². The molecule has 0 radical (unpaired) electrons. The molecule has 2 aromatic rings. The van der Waals surface area contributed by atoms with E-state index in [1.54, 1.807) is 11.3 Å². The van der Waals surface area contributed by atoms with Crippen LogP contribution in [0.15, 0.2) is 16.2 Å². The van der Waals surface area contributed by atoms with Gasteiger partial charge in [0.1, 0.15) is 5.82 Å². The van der Waals surface area contributed by atoms with Gasteiger partial charge in [-0.05, 0) is 23.9 Å². The summed E-state index contributed by atoms with van der Waals surface area (Å²) in [5, 5.41) is 9.63. The Labute approximate surface area is 108 Å². The van der Waals surface area contributed by atoms with Crippen molar-refractivity contribution in [2.24, 2.45) is 0 Å². The number of anilines is 2. The number of aromatic nitrogens is 2. The Hall–Kier alpha value is -1.66. The summed E-state index contributed by atoms with van der Waals surface area (Å²) in [4.78, 5) is 18.4. The lowest BCUT2D eigenvalue weighted by Crippen LogP contribution is -2.29. The lowest BCUT2D eigenvalue weighted by molar-refractivity contribution is 0.624. The first-order chi connectivity index (χ1) is 8.74. The molecule has 0 unspecified atom stereocenters. The molecule has 0 aliphatic carbocycles. The second kappa shape index (κ2) is 4.55. The molecule has 0 amide bonds. The molecular weight excluding hydrogens is 248 g/mol. The largest absolute Gasteiger partial charge is 0.347 e. The third-order valence-electron chi connectivity index (χ3n) is 3.07. The highest BCUT2D eigenvalue weighted by Gasteiger charge is 2.16. The Balaban J connectivity index is 2.03. The van der Waals surface area contributed by atoms with Crippen LogP contribution >= 0.6 is 11.3 Å². The third-order valence-corrected chi connectivity index (χ3v) is 4.00. The van der Waals surface area contributed by atoms with Gasteiger partial charge in [-0.3, -0.25) is 0 Å². The highest BCUT2D eigenvalue weighted by molar-refractivity contribution is 7.14. The average Bonchev–Trinajstić information content (AvgIpc) is 2.75. The molecule has 6 heteroatoms. The van der Waals surface area contributed by atoms with Crippen molar-refractivity contribution in [2.75, 3.05) is 11.9 Å². The van der Waals surface area contributed by atoms with E-state index < -0.39 is 0 Å². The van der Waals surface area contributed by atoms with Gasteiger partial charge in [-0.25, -0.2) is 4.79 Å². The molecule has 2 aromatic heterocycles.